The maximum atomic E-state index is 8.66. The summed E-state index contributed by atoms with van der Waals surface area (Å²) in [6.07, 6.45) is -0.106. The third-order valence-electron chi connectivity index (χ3n) is 1.73. The van der Waals surface area contributed by atoms with Gasteiger partial charge in [0.1, 0.15) is 0 Å². The molecule has 1 aliphatic rings. The smallest absolute Gasteiger partial charge is 0.158 e. The van der Waals surface area contributed by atoms with E-state index >= 15 is 0 Å². The van der Waals surface area contributed by atoms with Crippen LogP contribution in [0.2, 0.25) is 0 Å². The second-order valence-corrected chi connectivity index (χ2v) is 2.35. The Balaban J connectivity index is 2.51. The normalized spacial score (nSPS) is 33.9. The second kappa shape index (κ2) is 2.35. The molecule has 0 aromatic rings. The summed E-state index contributed by atoms with van der Waals surface area (Å²) in [5.74, 6) is 0.273. The first-order valence-electron chi connectivity index (χ1n) is 3.07. The van der Waals surface area contributed by atoms with Crippen LogP contribution in [-0.4, -0.2) is 23.5 Å². The Bertz CT molecular complexity index is 133. The fourth-order valence-electron chi connectivity index (χ4n) is 0.786. The molecule has 0 saturated heterocycles. The van der Waals surface area contributed by atoms with Crippen molar-refractivity contribution in [1.82, 2.24) is 0 Å². The van der Waals surface area contributed by atoms with E-state index in [2.05, 4.69) is 5.16 Å². The van der Waals surface area contributed by atoms with Gasteiger partial charge in [0, 0.05) is 5.92 Å². The van der Waals surface area contributed by atoms with Crippen molar-refractivity contribution in [3.8, 4) is 0 Å². The van der Waals surface area contributed by atoms with Crippen molar-refractivity contribution < 1.29 is 9.94 Å². The second-order valence-electron chi connectivity index (χ2n) is 2.35. The lowest BCUT2D eigenvalue weighted by atomic mass is 10.0. The van der Waals surface area contributed by atoms with E-state index in [1.54, 1.807) is 0 Å². The van der Waals surface area contributed by atoms with Crippen LogP contribution >= 0.6 is 0 Å². The highest BCUT2D eigenvalue weighted by molar-refractivity contribution is 5.85. The first kappa shape index (κ1) is 6.55. The SMILES string of the molecule is CC1=NO[C@@H](CO)[C@@H]1C. The zero-order chi connectivity index (χ0) is 6.85. The molecule has 0 saturated carbocycles. The maximum absolute atomic E-state index is 8.66. The number of hydrogen-bond donors (Lipinski definition) is 1. The number of aliphatic hydroxyl groups excluding tert-OH is 1. The quantitative estimate of drug-likeness (QED) is 0.556. The highest BCUT2D eigenvalue weighted by Gasteiger charge is 2.26. The number of oxime groups is 1. The summed E-state index contributed by atoms with van der Waals surface area (Å²) in [4.78, 5) is 4.86. The van der Waals surface area contributed by atoms with Gasteiger partial charge in [-0.3, -0.25) is 0 Å². The van der Waals surface area contributed by atoms with Gasteiger partial charge >= 0.3 is 0 Å². The molecule has 0 amide bonds. The fourth-order valence-corrected chi connectivity index (χ4v) is 0.786. The summed E-state index contributed by atoms with van der Waals surface area (Å²) in [6, 6.07) is 0. The lowest BCUT2D eigenvalue weighted by Gasteiger charge is -2.08. The minimum absolute atomic E-state index is 0.0575. The molecule has 0 unspecified atom stereocenters. The predicted molar refractivity (Wildman–Crippen MR) is 34.2 cm³/mol. The fraction of sp³-hybridized carbons (Fsp3) is 0.833. The maximum Gasteiger partial charge on any atom is 0.158 e. The van der Waals surface area contributed by atoms with Gasteiger partial charge in [-0.25, -0.2) is 0 Å². The van der Waals surface area contributed by atoms with Crippen LogP contribution in [0.25, 0.3) is 0 Å². The molecular weight excluding hydrogens is 118 g/mol. The molecule has 1 rings (SSSR count). The van der Waals surface area contributed by atoms with E-state index in [1.165, 1.54) is 0 Å². The van der Waals surface area contributed by atoms with Gasteiger partial charge in [0.15, 0.2) is 6.10 Å². The summed E-state index contributed by atoms with van der Waals surface area (Å²) in [6.45, 7) is 3.95. The Labute approximate surface area is 54.3 Å². The average Bonchev–Trinajstić information content (AvgIpc) is 2.15. The van der Waals surface area contributed by atoms with E-state index in [9.17, 15) is 0 Å². The lowest BCUT2D eigenvalue weighted by Crippen LogP contribution is -2.22. The molecule has 1 aliphatic heterocycles. The minimum Gasteiger partial charge on any atom is -0.392 e. The van der Waals surface area contributed by atoms with Crippen LogP contribution in [0, 0.1) is 5.92 Å². The van der Waals surface area contributed by atoms with Crippen molar-refractivity contribution in [2.75, 3.05) is 6.61 Å². The molecule has 0 bridgehead atoms. The van der Waals surface area contributed by atoms with Gasteiger partial charge in [-0.1, -0.05) is 12.1 Å². The van der Waals surface area contributed by atoms with E-state index in [-0.39, 0.29) is 18.6 Å². The number of nitrogens with zero attached hydrogens (tertiary/aromatic N) is 1. The molecule has 0 spiro atoms. The zero-order valence-electron chi connectivity index (χ0n) is 5.66. The molecule has 1 heterocycles. The van der Waals surface area contributed by atoms with Crippen molar-refractivity contribution in [2.24, 2.45) is 11.1 Å². The zero-order valence-corrected chi connectivity index (χ0v) is 5.66. The summed E-state index contributed by atoms with van der Waals surface area (Å²) in [7, 11) is 0. The Hall–Kier alpha value is -0.570. The molecule has 3 nitrogen and oxygen atoms in total. The van der Waals surface area contributed by atoms with E-state index in [4.69, 9.17) is 9.94 Å². The van der Waals surface area contributed by atoms with Crippen LogP contribution in [0.5, 0.6) is 0 Å². The molecule has 0 radical (unpaired) electrons. The predicted octanol–water partition coefficient (Wildman–Crippen LogP) is 0.390. The van der Waals surface area contributed by atoms with Crippen LogP contribution in [0.4, 0.5) is 0 Å². The largest absolute Gasteiger partial charge is 0.392 e. The van der Waals surface area contributed by atoms with Crippen LogP contribution < -0.4 is 0 Å². The standard InChI is InChI=1S/C6H11NO2/c1-4-5(2)7-9-6(4)3-8/h4,6,8H,3H2,1-2H3/t4-,6+/m1/s1. The van der Waals surface area contributed by atoms with Gasteiger partial charge in [0.25, 0.3) is 0 Å². The molecule has 2 atom stereocenters. The minimum atomic E-state index is -0.106. The monoisotopic (exact) mass is 129 g/mol. The number of hydrogen-bond acceptors (Lipinski definition) is 3. The van der Waals surface area contributed by atoms with Crippen LogP contribution in [0.3, 0.4) is 0 Å². The van der Waals surface area contributed by atoms with Crippen LogP contribution in [-0.2, 0) is 4.84 Å². The average molecular weight is 129 g/mol. The molecule has 0 aromatic heterocycles. The topological polar surface area (TPSA) is 41.8 Å². The van der Waals surface area contributed by atoms with Crippen LogP contribution in [0.1, 0.15) is 13.8 Å². The highest BCUT2D eigenvalue weighted by Crippen LogP contribution is 2.16. The van der Waals surface area contributed by atoms with Gasteiger partial charge in [0.05, 0.1) is 12.3 Å². The van der Waals surface area contributed by atoms with Crippen molar-refractivity contribution >= 4 is 5.71 Å². The van der Waals surface area contributed by atoms with Gasteiger partial charge in [-0.2, -0.15) is 0 Å². The van der Waals surface area contributed by atoms with Gasteiger partial charge in [0.2, 0.25) is 0 Å². The van der Waals surface area contributed by atoms with E-state index in [0.29, 0.717) is 0 Å². The molecule has 1 N–H and O–H groups in total. The third-order valence-corrected chi connectivity index (χ3v) is 1.73. The Morgan fingerprint density at radius 1 is 1.78 bits per heavy atom. The molecule has 3 heteroatoms. The first-order chi connectivity index (χ1) is 4.25. The van der Waals surface area contributed by atoms with Gasteiger partial charge in [-0.15, -0.1) is 0 Å². The molecular formula is C6H11NO2. The summed E-state index contributed by atoms with van der Waals surface area (Å²) in [5.41, 5.74) is 0.967. The highest BCUT2D eigenvalue weighted by atomic mass is 16.6. The Kier molecular flexibility index (Phi) is 1.71. The van der Waals surface area contributed by atoms with E-state index < -0.39 is 0 Å². The van der Waals surface area contributed by atoms with E-state index in [0.717, 1.165) is 5.71 Å². The van der Waals surface area contributed by atoms with Gasteiger partial charge in [-0.05, 0) is 6.92 Å². The number of aliphatic hydroxyl groups is 1. The summed E-state index contributed by atoms with van der Waals surface area (Å²) in [5, 5.41) is 12.4. The van der Waals surface area contributed by atoms with Gasteiger partial charge < -0.3 is 9.94 Å². The summed E-state index contributed by atoms with van der Waals surface area (Å²) < 4.78 is 0. The number of rotatable bonds is 1. The van der Waals surface area contributed by atoms with Crippen molar-refractivity contribution in [3.05, 3.63) is 0 Å². The lowest BCUT2D eigenvalue weighted by molar-refractivity contribution is 0.0211. The molecule has 52 valence electrons. The van der Waals surface area contributed by atoms with Crippen molar-refractivity contribution in [3.63, 3.8) is 0 Å². The molecule has 0 fully saturated rings. The van der Waals surface area contributed by atoms with Crippen molar-refractivity contribution in [1.29, 1.82) is 0 Å². The van der Waals surface area contributed by atoms with E-state index in [1.807, 2.05) is 13.8 Å². The molecule has 9 heavy (non-hydrogen) atoms. The Morgan fingerprint density at radius 2 is 2.44 bits per heavy atom. The molecule has 0 aliphatic carbocycles. The van der Waals surface area contributed by atoms with Crippen LogP contribution in [0.15, 0.2) is 5.16 Å². The third kappa shape index (κ3) is 1.05. The summed E-state index contributed by atoms with van der Waals surface area (Å²) >= 11 is 0. The van der Waals surface area contributed by atoms with Crippen molar-refractivity contribution in [2.45, 2.75) is 20.0 Å². The molecule has 0 aromatic carbocycles. The Morgan fingerprint density at radius 3 is 2.67 bits per heavy atom. The first-order valence-corrected chi connectivity index (χ1v) is 3.07.